The molecule has 0 fully saturated rings. The molecule has 1 aromatic heterocycles. The topological polar surface area (TPSA) is 54.0 Å². The van der Waals surface area contributed by atoms with E-state index in [-0.39, 0.29) is 4.48 Å². The van der Waals surface area contributed by atoms with Gasteiger partial charge in [0.15, 0.2) is 0 Å². The summed E-state index contributed by atoms with van der Waals surface area (Å²) in [5.41, 5.74) is 2.76. The third-order valence-corrected chi connectivity index (χ3v) is 3.90. The van der Waals surface area contributed by atoms with Crippen LogP contribution >= 0.6 is 11.6 Å². The van der Waals surface area contributed by atoms with Gasteiger partial charge in [0.2, 0.25) is 0 Å². The van der Waals surface area contributed by atoms with Crippen LogP contribution in [0.2, 0.25) is 5.02 Å². The van der Waals surface area contributed by atoms with E-state index in [0.717, 1.165) is 22.8 Å². The number of benzene rings is 1. The molecule has 0 aliphatic carbocycles. The fourth-order valence-electron chi connectivity index (χ4n) is 2.72. The Morgan fingerprint density at radius 1 is 1.40 bits per heavy atom. The molecule has 4 rings (SSSR count). The minimum absolute atomic E-state index is 0.0420. The molecule has 0 amide bonds. The van der Waals surface area contributed by atoms with Gasteiger partial charge in [0.25, 0.3) is 5.84 Å². The molecule has 5 nitrogen and oxygen atoms in total. The van der Waals surface area contributed by atoms with Crippen LogP contribution in [0.4, 0.5) is 0 Å². The van der Waals surface area contributed by atoms with Crippen molar-refractivity contribution in [2.24, 2.45) is 4.99 Å². The van der Waals surface area contributed by atoms with E-state index in [1.807, 2.05) is 22.8 Å². The molecule has 0 N–H and O–H groups in total. The third kappa shape index (κ3) is 1.35. The maximum absolute atomic E-state index is 9.65. The number of fused-ring (bicyclic) bond motifs is 5. The van der Waals surface area contributed by atoms with E-state index in [0.29, 0.717) is 11.6 Å². The molecule has 0 radical (unpaired) electrons. The summed E-state index contributed by atoms with van der Waals surface area (Å²) < 4.78 is 2.01. The number of hydrogen-bond donors (Lipinski definition) is 0. The van der Waals surface area contributed by atoms with Crippen LogP contribution in [0.25, 0.3) is 5.69 Å². The molecular weight excluding hydrogens is 274 g/mol. The van der Waals surface area contributed by atoms with E-state index in [4.69, 9.17) is 11.6 Å². The van der Waals surface area contributed by atoms with Crippen LogP contribution in [0.3, 0.4) is 0 Å². The van der Waals surface area contributed by atoms with Gasteiger partial charge in [0.1, 0.15) is 12.7 Å². The van der Waals surface area contributed by atoms with Crippen molar-refractivity contribution in [2.45, 2.75) is 6.54 Å². The Morgan fingerprint density at radius 2 is 2.30 bits per heavy atom. The molecule has 0 saturated heterocycles. The van der Waals surface area contributed by atoms with Crippen molar-refractivity contribution in [1.82, 2.24) is 9.55 Å². The fourth-order valence-corrected chi connectivity index (χ4v) is 2.89. The normalized spacial score (nSPS) is 22.3. The predicted octanol–water partition coefficient (Wildman–Crippen LogP) is 2.57. The average Bonchev–Trinajstić information content (AvgIpc) is 3.05. The summed E-state index contributed by atoms with van der Waals surface area (Å²) in [5.74, 6) is 0.725. The van der Waals surface area contributed by atoms with Gasteiger partial charge in [-0.2, -0.15) is 4.99 Å². The summed E-state index contributed by atoms with van der Waals surface area (Å²) in [7, 11) is 0. The van der Waals surface area contributed by atoms with E-state index >= 15 is 0 Å². The quantitative estimate of drug-likeness (QED) is 0.551. The molecule has 6 heteroatoms. The first-order valence-electron chi connectivity index (χ1n) is 6.10. The monoisotopic (exact) mass is 282 g/mol. The smallest absolute Gasteiger partial charge is 0.297 e. The van der Waals surface area contributed by atoms with Gasteiger partial charge < -0.3 is 0 Å². The van der Waals surface area contributed by atoms with Crippen LogP contribution in [-0.2, 0) is 6.54 Å². The molecule has 0 spiro atoms. The lowest BCUT2D eigenvalue weighted by atomic mass is 10.1. The molecule has 0 saturated carbocycles. The van der Waals surface area contributed by atoms with Gasteiger partial charge in [0.05, 0.1) is 35.7 Å². The van der Waals surface area contributed by atoms with Crippen molar-refractivity contribution in [3.63, 3.8) is 0 Å². The number of rotatable bonds is 0. The van der Waals surface area contributed by atoms with Crippen LogP contribution in [0.5, 0.6) is 0 Å². The van der Waals surface area contributed by atoms with Crippen LogP contribution in [-0.4, -0.2) is 19.9 Å². The van der Waals surface area contributed by atoms with Gasteiger partial charge in [-0.1, -0.05) is 11.6 Å². The zero-order chi connectivity index (χ0) is 13.7. The maximum atomic E-state index is 9.65. The number of hydrogen-bond acceptors (Lipinski definition) is 3. The SMILES string of the molecule is N#C[N+]12C=CN=C1c1ccc(Cl)cc1-n1cncc1C2. The van der Waals surface area contributed by atoms with E-state index < -0.39 is 0 Å². The molecule has 1 atom stereocenters. The number of halogens is 1. The predicted molar refractivity (Wildman–Crippen MR) is 73.8 cm³/mol. The Bertz CT molecular complexity index is 826. The summed E-state index contributed by atoms with van der Waals surface area (Å²) in [6.07, 6.45) is 9.35. The standard InChI is InChI=1S/C14H9ClN5/c15-10-1-2-12-13(5-10)19-9-17-6-11(19)7-20(8-16)4-3-18-14(12)20/h1-6,9H,7H2/q+1. The summed E-state index contributed by atoms with van der Waals surface area (Å²) in [4.78, 5) is 8.59. The van der Waals surface area contributed by atoms with E-state index in [9.17, 15) is 5.26 Å². The second kappa shape index (κ2) is 3.79. The second-order valence-electron chi connectivity index (χ2n) is 4.79. The van der Waals surface area contributed by atoms with Crippen molar-refractivity contribution in [3.05, 3.63) is 59.4 Å². The lowest BCUT2D eigenvalue weighted by molar-refractivity contribution is -0.728. The Labute approximate surface area is 120 Å². The molecule has 2 aliphatic heterocycles. The van der Waals surface area contributed by atoms with Crippen molar-refractivity contribution in [2.75, 3.05) is 0 Å². The van der Waals surface area contributed by atoms with Gasteiger partial charge in [-0.05, 0) is 18.2 Å². The molecule has 20 heavy (non-hydrogen) atoms. The Balaban J connectivity index is 2.10. The highest BCUT2D eigenvalue weighted by Crippen LogP contribution is 2.33. The summed E-state index contributed by atoms with van der Waals surface area (Å²) in [6, 6.07) is 5.60. The molecule has 1 unspecified atom stereocenters. The number of imidazole rings is 1. The number of aromatic nitrogens is 2. The zero-order valence-corrected chi connectivity index (χ0v) is 11.1. The minimum atomic E-state index is 0.0420. The van der Waals surface area contributed by atoms with Crippen LogP contribution in [0.1, 0.15) is 11.3 Å². The Morgan fingerprint density at radius 3 is 3.15 bits per heavy atom. The van der Waals surface area contributed by atoms with Crippen molar-refractivity contribution in [1.29, 1.82) is 5.26 Å². The molecular formula is C14H9ClN5+. The lowest BCUT2D eigenvalue weighted by Crippen LogP contribution is -2.40. The first-order valence-corrected chi connectivity index (χ1v) is 6.48. The van der Waals surface area contributed by atoms with Crippen molar-refractivity contribution in [3.8, 4) is 11.9 Å². The minimum Gasteiger partial charge on any atom is -0.297 e. The highest BCUT2D eigenvalue weighted by molar-refractivity contribution is 6.31. The Hall–Kier alpha value is -2.42. The largest absolute Gasteiger partial charge is 0.321 e. The summed E-state index contributed by atoms with van der Waals surface area (Å²) in [5, 5.41) is 10.3. The number of nitrogens with zero attached hydrogens (tertiary/aromatic N) is 5. The van der Waals surface area contributed by atoms with E-state index in [1.54, 1.807) is 24.9 Å². The fraction of sp³-hybridized carbons (Fsp3) is 0.0714. The van der Waals surface area contributed by atoms with Crippen LogP contribution in [0, 0.1) is 11.5 Å². The zero-order valence-electron chi connectivity index (χ0n) is 10.4. The average molecular weight is 283 g/mol. The summed E-state index contributed by atoms with van der Waals surface area (Å²) >= 11 is 6.12. The second-order valence-corrected chi connectivity index (χ2v) is 5.23. The van der Waals surface area contributed by atoms with E-state index in [2.05, 4.69) is 16.2 Å². The van der Waals surface area contributed by atoms with Crippen molar-refractivity contribution >= 4 is 17.4 Å². The van der Waals surface area contributed by atoms with Gasteiger partial charge >= 0.3 is 6.19 Å². The first kappa shape index (κ1) is 11.4. The molecule has 96 valence electrons. The van der Waals surface area contributed by atoms with Gasteiger partial charge in [-0.25, -0.2) is 4.98 Å². The molecule has 2 aliphatic rings. The molecule has 1 aromatic carbocycles. The summed E-state index contributed by atoms with van der Waals surface area (Å²) in [6.45, 7) is 0.498. The third-order valence-electron chi connectivity index (χ3n) is 3.66. The highest BCUT2D eigenvalue weighted by atomic mass is 35.5. The van der Waals surface area contributed by atoms with Gasteiger partial charge in [-0.3, -0.25) is 4.57 Å². The maximum Gasteiger partial charge on any atom is 0.321 e. The van der Waals surface area contributed by atoms with Crippen LogP contribution in [0.15, 0.2) is 48.1 Å². The van der Waals surface area contributed by atoms with Crippen LogP contribution < -0.4 is 0 Å². The number of amidine groups is 1. The lowest BCUT2D eigenvalue weighted by Gasteiger charge is -2.20. The molecule has 2 aromatic rings. The molecule has 0 bridgehead atoms. The van der Waals surface area contributed by atoms with Crippen molar-refractivity contribution < 1.29 is 4.48 Å². The number of quaternary nitrogens is 1. The Kier molecular flexibility index (Phi) is 2.16. The van der Waals surface area contributed by atoms with E-state index in [1.165, 1.54) is 0 Å². The highest BCUT2D eigenvalue weighted by Gasteiger charge is 2.42. The first-order chi connectivity index (χ1) is 9.73. The molecule has 3 heterocycles. The number of aliphatic imine (C=N–C) groups is 1. The van der Waals surface area contributed by atoms with Gasteiger partial charge in [0, 0.05) is 5.02 Å². The number of nitriles is 1. The van der Waals surface area contributed by atoms with Gasteiger partial charge in [-0.15, -0.1) is 9.74 Å².